The monoisotopic (exact) mass is 225 g/mol. The molecule has 0 saturated carbocycles. The maximum absolute atomic E-state index is 9.72. The lowest BCUT2D eigenvalue weighted by Crippen LogP contribution is -1.95. The molecule has 0 spiro atoms. The minimum Gasteiger partial charge on any atom is -0.446 e. The van der Waals surface area contributed by atoms with E-state index in [1.807, 2.05) is 0 Å². The third kappa shape index (κ3) is 5.31. The fraction of sp³-hybridized carbons (Fsp3) is 0.769. The number of hydrogen-bond acceptors (Lipinski definition) is 3. The van der Waals surface area contributed by atoms with E-state index in [1.54, 1.807) is 6.20 Å². The number of nitrogens with zero attached hydrogens (tertiary/aromatic N) is 1. The number of oxazole rings is 1. The Morgan fingerprint density at radius 1 is 1.19 bits per heavy atom. The molecule has 0 aliphatic heterocycles. The van der Waals surface area contributed by atoms with Gasteiger partial charge in [0.1, 0.15) is 6.10 Å². The van der Waals surface area contributed by atoms with E-state index in [0.29, 0.717) is 5.76 Å². The van der Waals surface area contributed by atoms with Crippen molar-refractivity contribution >= 4 is 0 Å². The molecule has 1 N–H and O–H groups in total. The number of aliphatic hydroxyl groups excluding tert-OH is 1. The Labute approximate surface area is 97.9 Å². The lowest BCUT2D eigenvalue weighted by atomic mass is 10.1. The number of aliphatic hydroxyl groups is 1. The topological polar surface area (TPSA) is 46.3 Å². The molecule has 0 aromatic carbocycles. The summed E-state index contributed by atoms with van der Waals surface area (Å²) in [6.45, 7) is 2.23. The molecule has 1 aromatic heterocycles. The average Bonchev–Trinajstić information content (AvgIpc) is 2.81. The van der Waals surface area contributed by atoms with E-state index < -0.39 is 6.10 Å². The largest absolute Gasteiger partial charge is 0.446 e. The third-order valence-electron chi connectivity index (χ3n) is 2.86. The third-order valence-corrected chi connectivity index (χ3v) is 2.86. The number of hydrogen-bond donors (Lipinski definition) is 1. The predicted octanol–water partition coefficient (Wildman–Crippen LogP) is 3.85. The Balaban J connectivity index is 1.95. The molecule has 92 valence electrons. The molecule has 0 saturated heterocycles. The van der Waals surface area contributed by atoms with Crippen LogP contribution < -0.4 is 0 Å². The van der Waals surface area contributed by atoms with Crippen molar-refractivity contribution in [2.24, 2.45) is 0 Å². The van der Waals surface area contributed by atoms with Crippen LogP contribution in [0.25, 0.3) is 0 Å². The Kier molecular flexibility index (Phi) is 6.90. The SMILES string of the molecule is CCCCCCCCCC(O)c1cnco1. The van der Waals surface area contributed by atoms with Crippen LogP contribution in [0.4, 0.5) is 0 Å². The van der Waals surface area contributed by atoms with Gasteiger partial charge in [-0.15, -0.1) is 0 Å². The van der Waals surface area contributed by atoms with Gasteiger partial charge in [-0.05, 0) is 6.42 Å². The predicted molar refractivity (Wildman–Crippen MR) is 64.1 cm³/mol. The van der Waals surface area contributed by atoms with Gasteiger partial charge in [-0.25, -0.2) is 4.98 Å². The van der Waals surface area contributed by atoms with Gasteiger partial charge in [-0.3, -0.25) is 0 Å². The highest BCUT2D eigenvalue weighted by atomic mass is 16.4. The molecule has 1 rings (SSSR count). The number of rotatable bonds is 9. The molecule has 16 heavy (non-hydrogen) atoms. The first kappa shape index (κ1) is 13.2. The molecular formula is C13H23NO2. The molecule has 3 heteroatoms. The summed E-state index contributed by atoms with van der Waals surface area (Å²) in [4.78, 5) is 3.79. The van der Waals surface area contributed by atoms with Crippen molar-refractivity contribution in [1.29, 1.82) is 0 Å². The highest BCUT2D eigenvalue weighted by Crippen LogP contribution is 2.19. The van der Waals surface area contributed by atoms with Crippen molar-refractivity contribution in [2.45, 2.75) is 64.4 Å². The minimum atomic E-state index is -0.474. The standard InChI is InChI=1S/C13H23NO2/c1-2-3-4-5-6-7-8-9-12(15)13-10-14-11-16-13/h10-12,15H,2-9H2,1H3. The summed E-state index contributed by atoms with van der Waals surface area (Å²) in [6, 6.07) is 0. The van der Waals surface area contributed by atoms with E-state index in [0.717, 1.165) is 12.8 Å². The molecule has 1 unspecified atom stereocenters. The molecule has 1 heterocycles. The van der Waals surface area contributed by atoms with E-state index in [2.05, 4.69) is 11.9 Å². The zero-order valence-corrected chi connectivity index (χ0v) is 10.2. The molecular weight excluding hydrogens is 202 g/mol. The molecule has 1 aromatic rings. The molecule has 0 aliphatic rings. The van der Waals surface area contributed by atoms with Gasteiger partial charge in [0.05, 0.1) is 6.20 Å². The summed E-state index contributed by atoms with van der Waals surface area (Å²) in [5.41, 5.74) is 0. The van der Waals surface area contributed by atoms with E-state index in [-0.39, 0.29) is 0 Å². The zero-order chi connectivity index (χ0) is 11.6. The first-order valence-corrected chi connectivity index (χ1v) is 6.41. The van der Waals surface area contributed by atoms with E-state index in [4.69, 9.17) is 4.42 Å². The van der Waals surface area contributed by atoms with Gasteiger partial charge in [-0.2, -0.15) is 0 Å². The lowest BCUT2D eigenvalue weighted by molar-refractivity contribution is 0.136. The van der Waals surface area contributed by atoms with Crippen LogP contribution >= 0.6 is 0 Å². The van der Waals surface area contributed by atoms with Crippen LogP contribution in [0, 0.1) is 0 Å². The summed E-state index contributed by atoms with van der Waals surface area (Å²) in [7, 11) is 0. The van der Waals surface area contributed by atoms with Crippen LogP contribution in [0.15, 0.2) is 17.0 Å². The van der Waals surface area contributed by atoms with E-state index >= 15 is 0 Å². The fourth-order valence-electron chi connectivity index (χ4n) is 1.83. The number of unbranched alkanes of at least 4 members (excludes halogenated alkanes) is 6. The molecule has 0 bridgehead atoms. The Morgan fingerprint density at radius 3 is 2.50 bits per heavy atom. The van der Waals surface area contributed by atoms with Crippen LogP contribution in [0.5, 0.6) is 0 Å². The van der Waals surface area contributed by atoms with E-state index in [1.165, 1.54) is 44.9 Å². The molecule has 0 aliphatic carbocycles. The van der Waals surface area contributed by atoms with Gasteiger partial charge in [0.2, 0.25) is 0 Å². The van der Waals surface area contributed by atoms with E-state index in [9.17, 15) is 5.11 Å². The van der Waals surface area contributed by atoms with Crippen LogP contribution in [0.2, 0.25) is 0 Å². The van der Waals surface area contributed by atoms with Crippen molar-refractivity contribution < 1.29 is 9.52 Å². The Bertz CT molecular complexity index is 246. The Morgan fingerprint density at radius 2 is 1.88 bits per heavy atom. The highest BCUT2D eigenvalue weighted by molar-refractivity contribution is 4.92. The van der Waals surface area contributed by atoms with Crippen LogP contribution in [0.1, 0.15) is 70.2 Å². The van der Waals surface area contributed by atoms with Crippen LogP contribution in [-0.2, 0) is 0 Å². The first-order valence-electron chi connectivity index (χ1n) is 6.41. The number of aromatic nitrogens is 1. The van der Waals surface area contributed by atoms with Gasteiger partial charge in [0.15, 0.2) is 12.2 Å². The maximum Gasteiger partial charge on any atom is 0.180 e. The molecule has 0 fully saturated rings. The quantitative estimate of drug-likeness (QED) is 0.649. The summed E-state index contributed by atoms with van der Waals surface area (Å²) < 4.78 is 5.04. The molecule has 0 radical (unpaired) electrons. The smallest absolute Gasteiger partial charge is 0.180 e. The highest BCUT2D eigenvalue weighted by Gasteiger charge is 2.09. The van der Waals surface area contributed by atoms with Crippen molar-refractivity contribution in [2.75, 3.05) is 0 Å². The minimum absolute atomic E-state index is 0.474. The second-order valence-electron chi connectivity index (χ2n) is 4.33. The second kappa shape index (κ2) is 8.34. The van der Waals surface area contributed by atoms with Gasteiger partial charge < -0.3 is 9.52 Å². The Hall–Kier alpha value is -0.830. The van der Waals surface area contributed by atoms with Crippen molar-refractivity contribution in [3.05, 3.63) is 18.4 Å². The lowest BCUT2D eigenvalue weighted by Gasteiger charge is -2.06. The van der Waals surface area contributed by atoms with Gasteiger partial charge in [0, 0.05) is 0 Å². The first-order chi connectivity index (χ1) is 7.84. The maximum atomic E-state index is 9.72. The van der Waals surface area contributed by atoms with Gasteiger partial charge in [0.25, 0.3) is 0 Å². The molecule has 3 nitrogen and oxygen atoms in total. The normalized spacial score (nSPS) is 12.9. The van der Waals surface area contributed by atoms with Crippen molar-refractivity contribution in [3.8, 4) is 0 Å². The zero-order valence-electron chi connectivity index (χ0n) is 10.2. The summed E-state index contributed by atoms with van der Waals surface area (Å²) in [5.74, 6) is 0.589. The van der Waals surface area contributed by atoms with Gasteiger partial charge >= 0.3 is 0 Å². The summed E-state index contributed by atoms with van der Waals surface area (Å²) in [5, 5.41) is 9.72. The molecule has 1 atom stereocenters. The summed E-state index contributed by atoms with van der Waals surface area (Å²) in [6.07, 6.45) is 12.1. The van der Waals surface area contributed by atoms with Crippen LogP contribution in [-0.4, -0.2) is 10.1 Å². The molecule has 0 amide bonds. The second-order valence-corrected chi connectivity index (χ2v) is 4.33. The average molecular weight is 225 g/mol. The summed E-state index contributed by atoms with van der Waals surface area (Å²) >= 11 is 0. The van der Waals surface area contributed by atoms with Gasteiger partial charge in [-0.1, -0.05) is 51.9 Å². The van der Waals surface area contributed by atoms with Crippen molar-refractivity contribution in [1.82, 2.24) is 4.98 Å². The van der Waals surface area contributed by atoms with Crippen molar-refractivity contribution in [3.63, 3.8) is 0 Å². The fourth-order valence-corrected chi connectivity index (χ4v) is 1.83. The van der Waals surface area contributed by atoms with Crippen LogP contribution in [0.3, 0.4) is 0 Å².